The predicted molar refractivity (Wildman–Crippen MR) is 80.7 cm³/mol. The smallest absolute Gasteiger partial charge is 0.252 e. The highest BCUT2D eigenvalue weighted by Crippen LogP contribution is 1.97. The normalized spacial score (nSPS) is 10.0. The highest BCUT2D eigenvalue weighted by molar-refractivity contribution is 5.94. The Hall–Kier alpha value is -2.96. The second-order valence-electron chi connectivity index (χ2n) is 4.53. The number of carbonyl (C=O) groups is 2. The molecule has 0 atom stereocenters. The molecule has 0 spiro atoms. The van der Waals surface area contributed by atoms with E-state index in [4.69, 9.17) is 0 Å². The third kappa shape index (κ3) is 3.78. The number of hydrogen-bond donors (Lipinski definition) is 2. The van der Waals surface area contributed by atoms with Crippen molar-refractivity contribution in [1.29, 1.82) is 0 Å². The van der Waals surface area contributed by atoms with Crippen molar-refractivity contribution in [3.8, 4) is 0 Å². The summed E-state index contributed by atoms with van der Waals surface area (Å²) in [5.74, 6) is -0.531. The van der Waals surface area contributed by atoms with Gasteiger partial charge in [0.2, 0.25) is 0 Å². The van der Waals surface area contributed by atoms with Gasteiger partial charge in [-0.2, -0.15) is 0 Å². The first-order valence-corrected chi connectivity index (χ1v) is 6.72. The molecule has 0 saturated heterocycles. The van der Waals surface area contributed by atoms with Crippen molar-refractivity contribution < 1.29 is 9.59 Å². The van der Waals surface area contributed by atoms with Gasteiger partial charge in [0.25, 0.3) is 17.4 Å². The second-order valence-corrected chi connectivity index (χ2v) is 4.53. The van der Waals surface area contributed by atoms with Crippen LogP contribution in [0.3, 0.4) is 0 Å². The lowest BCUT2D eigenvalue weighted by Crippen LogP contribution is -2.31. The summed E-state index contributed by atoms with van der Waals surface area (Å²) in [5, 5.41) is 5.19. The van der Waals surface area contributed by atoms with E-state index in [2.05, 4.69) is 15.6 Å². The highest BCUT2D eigenvalue weighted by Gasteiger charge is 2.07. The molecule has 2 aromatic heterocycles. The van der Waals surface area contributed by atoms with Gasteiger partial charge in [0, 0.05) is 44.8 Å². The topological polar surface area (TPSA) is 93.1 Å². The van der Waals surface area contributed by atoms with Crippen LogP contribution in [0.2, 0.25) is 0 Å². The molecule has 0 saturated carbocycles. The van der Waals surface area contributed by atoms with Crippen LogP contribution >= 0.6 is 0 Å². The van der Waals surface area contributed by atoms with Crippen molar-refractivity contribution in [2.45, 2.75) is 6.54 Å². The average molecular weight is 300 g/mol. The van der Waals surface area contributed by atoms with Gasteiger partial charge >= 0.3 is 0 Å². The van der Waals surface area contributed by atoms with E-state index in [1.54, 1.807) is 18.3 Å². The Bertz CT molecular complexity index is 725. The highest BCUT2D eigenvalue weighted by atomic mass is 16.2. The molecule has 2 heterocycles. The summed E-state index contributed by atoms with van der Waals surface area (Å²) < 4.78 is 1.38. The quantitative estimate of drug-likeness (QED) is 0.815. The molecule has 0 aliphatic heterocycles. The van der Waals surface area contributed by atoms with Gasteiger partial charge in [-0.25, -0.2) is 0 Å². The molecule has 0 radical (unpaired) electrons. The maximum absolute atomic E-state index is 11.8. The molecule has 2 aromatic rings. The van der Waals surface area contributed by atoms with Gasteiger partial charge in [-0.15, -0.1) is 0 Å². The minimum atomic E-state index is -0.270. The van der Waals surface area contributed by atoms with Crippen LogP contribution in [0.25, 0.3) is 0 Å². The molecule has 7 nitrogen and oxygen atoms in total. The first-order chi connectivity index (χ1) is 10.6. The lowest BCUT2D eigenvalue weighted by Gasteiger charge is -2.09. The van der Waals surface area contributed by atoms with Crippen molar-refractivity contribution in [2.75, 3.05) is 13.6 Å². The Kier molecular flexibility index (Phi) is 5.02. The largest absolute Gasteiger partial charge is 0.355 e. The zero-order chi connectivity index (χ0) is 15.9. The van der Waals surface area contributed by atoms with E-state index in [9.17, 15) is 14.4 Å². The maximum atomic E-state index is 11.8. The number of hydrogen-bond acceptors (Lipinski definition) is 4. The van der Waals surface area contributed by atoms with Crippen LogP contribution in [0.15, 0.2) is 47.7 Å². The monoisotopic (exact) mass is 300 g/mol. The number of amides is 2. The molecule has 2 amide bonds. The Morgan fingerprint density at radius 3 is 2.68 bits per heavy atom. The summed E-state index contributed by atoms with van der Waals surface area (Å²) >= 11 is 0. The molecule has 0 bridgehead atoms. The number of aromatic nitrogens is 2. The van der Waals surface area contributed by atoms with Crippen LogP contribution < -0.4 is 16.2 Å². The fourth-order valence-electron chi connectivity index (χ4n) is 1.87. The molecule has 0 fully saturated rings. The van der Waals surface area contributed by atoms with Gasteiger partial charge in [0.15, 0.2) is 0 Å². The van der Waals surface area contributed by atoms with E-state index >= 15 is 0 Å². The Labute approximate surface area is 127 Å². The van der Waals surface area contributed by atoms with E-state index in [1.165, 1.54) is 36.1 Å². The minimum Gasteiger partial charge on any atom is -0.355 e. The number of pyridine rings is 2. The van der Waals surface area contributed by atoms with Crippen LogP contribution in [-0.4, -0.2) is 35.0 Å². The molecule has 0 aliphatic carbocycles. The molecule has 0 aliphatic rings. The van der Waals surface area contributed by atoms with Crippen molar-refractivity contribution in [3.05, 3.63) is 64.3 Å². The molecular weight excluding hydrogens is 284 g/mol. The van der Waals surface area contributed by atoms with Crippen molar-refractivity contribution in [2.24, 2.45) is 0 Å². The zero-order valence-electron chi connectivity index (χ0n) is 12.1. The van der Waals surface area contributed by atoms with Crippen LogP contribution in [0, 0.1) is 0 Å². The van der Waals surface area contributed by atoms with Crippen molar-refractivity contribution in [1.82, 2.24) is 20.2 Å². The summed E-state index contributed by atoms with van der Waals surface area (Å²) in [5.41, 5.74) is 0.609. The summed E-state index contributed by atoms with van der Waals surface area (Å²) in [6.45, 7) is 0.542. The predicted octanol–water partition coefficient (Wildman–Crippen LogP) is 0.0329. The second kappa shape index (κ2) is 7.16. The van der Waals surface area contributed by atoms with Gasteiger partial charge < -0.3 is 15.2 Å². The van der Waals surface area contributed by atoms with Crippen molar-refractivity contribution >= 4 is 11.8 Å². The van der Waals surface area contributed by atoms with Crippen LogP contribution in [0.4, 0.5) is 0 Å². The molecule has 0 unspecified atom stereocenters. The standard InChI is InChI=1S/C15H16N4O3/c1-16-14(21)12-4-5-13(20)19(10-12)8-7-18-15(22)11-3-2-6-17-9-11/h2-6,9-10H,7-8H2,1H3,(H,16,21)(H,18,22). The number of rotatable bonds is 5. The van der Waals surface area contributed by atoms with E-state index < -0.39 is 0 Å². The van der Waals surface area contributed by atoms with E-state index in [0.29, 0.717) is 11.1 Å². The summed E-state index contributed by atoms with van der Waals surface area (Å²) in [6.07, 6.45) is 4.52. The fourth-order valence-corrected chi connectivity index (χ4v) is 1.87. The van der Waals surface area contributed by atoms with E-state index in [-0.39, 0.29) is 30.5 Å². The average Bonchev–Trinajstić information content (AvgIpc) is 2.56. The van der Waals surface area contributed by atoms with E-state index in [0.717, 1.165) is 0 Å². The lowest BCUT2D eigenvalue weighted by atomic mass is 10.2. The van der Waals surface area contributed by atoms with Gasteiger partial charge in [0.05, 0.1) is 11.1 Å². The molecule has 114 valence electrons. The SMILES string of the molecule is CNC(=O)c1ccc(=O)n(CCNC(=O)c2cccnc2)c1. The number of carbonyl (C=O) groups excluding carboxylic acids is 2. The Morgan fingerprint density at radius 2 is 2.00 bits per heavy atom. The zero-order valence-corrected chi connectivity index (χ0v) is 12.1. The number of nitrogens with zero attached hydrogens (tertiary/aromatic N) is 2. The molecule has 2 rings (SSSR count). The van der Waals surface area contributed by atoms with Crippen LogP contribution in [0.1, 0.15) is 20.7 Å². The lowest BCUT2D eigenvalue weighted by molar-refractivity contribution is 0.0945. The van der Waals surface area contributed by atoms with Gasteiger partial charge in [-0.1, -0.05) is 0 Å². The fraction of sp³-hybridized carbons (Fsp3) is 0.200. The van der Waals surface area contributed by atoms with Gasteiger partial charge in [-0.05, 0) is 18.2 Å². The number of nitrogens with one attached hydrogen (secondary N) is 2. The van der Waals surface area contributed by atoms with Gasteiger partial charge in [-0.3, -0.25) is 19.4 Å². The van der Waals surface area contributed by atoms with Gasteiger partial charge in [0.1, 0.15) is 0 Å². The Morgan fingerprint density at radius 1 is 1.18 bits per heavy atom. The maximum Gasteiger partial charge on any atom is 0.252 e. The Balaban J connectivity index is 1.98. The van der Waals surface area contributed by atoms with Crippen LogP contribution in [-0.2, 0) is 6.54 Å². The van der Waals surface area contributed by atoms with Crippen molar-refractivity contribution in [3.63, 3.8) is 0 Å². The molecule has 7 heteroatoms. The third-order valence-corrected chi connectivity index (χ3v) is 3.03. The summed E-state index contributed by atoms with van der Waals surface area (Å²) in [6, 6.07) is 6.12. The molecular formula is C15H16N4O3. The summed E-state index contributed by atoms with van der Waals surface area (Å²) in [4.78, 5) is 39.0. The summed E-state index contributed by atoms with van der Waals surface area (Å²) in [7, 11) is 1.52. The first kappa shape index (κ1) is 15.4. The van der Waals surface area contributed by atoms with Crippen LogP contribution in [0.5, 0.6) is 0 Å². The first-order valence-electron chi connectivity index (χ1n) is 6.72. The van der Waals surface area contributed by atoms with E-state index in [1.807, 2.05) is 0 Å². The molecule has 22 heavy (non-hydrogen) atoms. The third-order valence-electron chi connectivity index (χ3n) is 3.03. The minimum absolute atomic E-state index is 0.233. The molecule has 2 N–H and O–H groups in total. The molecule has 0 aromatic carbocycles.